The van der Waals surface area contributed by atoms with E-state index >= 15 is 0 Å². The summed E-state index contributed by atoms with van der Waals surface area (Å²) < 4.78 is 20.5. The lowest BCUT2D eigenvalue weighted by atomic mass is 10.0. The number of methoxy groups -OCH3 is 1. The van der Waals surface area contributed by atoms with Gasteiger partial charge in [0.25, 0.3) is 0 Å². The maximum absolute atomic E-state index is 11.5. The molecule has 0 aliphatic rings. The monoisotopic (exact) mass is 521 g/mol. The van der Waals surface area contributed by atoms with E-state index in [2.05, 4.69) is 11.7 Å². The minimum absolute atomic E-state index is 0.109. The minimum Gasteiger partial charge on any atom is -0.438 e. The molecule has 1 N–H and O–H groups in total. The molecule has 0 bridgehead atoms. The highest BCUT2D eigenvalue weighted by atomic mass is 31.2. The van der Waals surface area contributed by atoms with Crippen LogP contribution in [0.25, 0.3) is 0 Å². The number of ether oxygens (including phenoxy) is 2. The molecule has 0 saturated carbocycles. The van der Waals surface area contributed by atoms with Gasteiger partial charge < -0.3 is 28.3 Å². The Balaban J connectivity index is 3.65. The summed E-state index contributed by atoms with van der Waals surface area (Å²) >= 11 is 0. The predicted octanol–water partition coefficient (Wildman–Crippen LogP) is 7.99. The van der Waals surface area contributed by atoms with Crippen molar-refractivity contribution in [3.05, 3.63) is 0 Å². The smallest absolute Gasteiger partial charge is 0.438 e. The number of unbranched alkanes of at least 4 members (excludes halogenated alkanes) is 16. The molecule has 0 heterocycles. The van der Waals surface area contributed by atoms with Crippen molar-refractivity contribution in [2.24, 2.45) is 0 Å². The standard InChI is InChI=1S/C27H56NO6P/c1-5-6-7-8-9-10-11-12-13-14-15-16-17-18-19-20-21-22-26(34-27(29)31-4)25-33-35(30)32-24-23-28(2)3/h26,30H,5-25H2,1-4H3. The lowest BCUT2D eigenvalue weighted by molar-refractivity contribution is 0.0100. The van der Waals surface area contributed by atoms with Crippen LogP contribution in [0.2, 0.25) is 0 Å². The fourth-order valence-electron chi connectivity index (χ4n) is 3.94. The zero-order valence-electron chi connectivity index (χ0n) is 23.3. The highest BCUT2D eigenvalue weighted by Gasteiger charge is 2.18. The average molecular weight is 522 g/mol. The van der Waals surface area contributed by atoms with Crippen LogP contribution in [0, 0.1) is 0 Å². The third kappa shape index (κ3) is 26.4. The van der Waals surface area contributed by atoms with Crippen molar-refractivity contribution in [1.29, 1.82) is 0 Å². The summed E-state index contributed by atoms with van der Waals surface area (Å²) in [6.45, 7) is 3.47. The van der Waals surface area contributed by atoms with Crippen LogP contribution in [-0.2, 0) is 18.5 Å². The summed E-state index contributed by atoms with van der Waals surface area (Å²) in [5.74, 6) is 0. The summed E-state index contributed by atoms with van der Waals surface area (Å²) in [5, 5.41) is 0. The van der Waals surface area contributed by atoms with E-state index in [1.54, 1.807) is 0 Å². The molecule has 0 radical (unpaired) electrons. The Morgan fingerprint density at radius 2 is 1.23 bits per heavy atom. The zero-order valence-corrected chi connectivity index (χ0v) is 24.2. The Labute approximate surface area is 217 Å². The molecule has 7 nitrogen and oxygen atoms in total. The lowest BCUT2D eigenvalue weighted by Crippen LogP contribution is -2.23. The van der Waals surface area contributed by atoms with Gasteiger partial charge in [-0.25, -0.2) is 4.79 Å². The topological polar surface area (TPSA) is 77.5 Å². The van der Waals surface area contributed by atoms with Gasteiger partial charge in [0.1, 0.15) is 6.10 Å². The van der Waals surface area contributed by atoms with E-state index in [1.807, 2.05) is 19.0 Å². The van der Waals surface area contributed by atoms with Gasteiger partial charge in [0.15, 0.2) is 0 Å². The average Bonchev–Trinajstić information content (AvgIpc) is 2.83. The molecule has 0 aromatic rings. The fraction of sp³-hybridized carbons (Fsp3) is 0.963. The molecule has 0 amide bonds. The Kier molecular flexibility index (Phi) is 26.2. The molecule has 35 heavy (non-hydrogen) atoms. The highest BCUT2D eigenvalue weighted by molar-refractivity contribution is 7.40. The largest absolute Gasteiger partial charge is 0.508 e. The normalized spacial score (nSPS) is 13.2. The highest BCUT2D eigenvalue weighted by Crippen LogP contribution is 2.33. The van der Waals surface area contributed by atoms with Crippen molar-refractivity contribution in [2.45, 2.75) is 129 Å². The Morgan fingerprint density at radius 1 is 0.771 bits per heavy atom. The molecule has 2 unspecified atom stereocenters. The van der Waals surface area contributed by atoms with Crippen LogP contribution in [-0.4, -0.2) is 63.0 Å². The van der Waals surface area contributed by atoms with Gasteiger partial charge in [-0.2, -0.15) is 0 Å². The number of nitrogens with zero attached hydrogens (tertiary/aromatic N) is 1. The van der Waals surface area contributed by atoms with Crippen LogP contribution >= 0.6 is 8.60 Å². The number of rotatable bonds is 26. The first-order chi connectivity index (χ1) is 17.0. The molecule has 8 heteroatoms. The maximum Gasteiger partial charge on any atom is 0.508 e. The van der Waals surface area contributed by atoms with Crippen molar-refractivity contribution in [3.8, 4) is 0 Å². The van der Waals surface area contributed by atoms with Crippen molar-refractivity contribution in [2.75, 3.05) is 41.0 Å². The fourth-order valence-corrected chi connectivity index (χ4v) is 4.55. The van der Waals surface area contributed by atoms with E-state index in [-0.39, 0.29) is 6.61 Å². The lowest BCUT2D eigenvalue weighted by Gasteiger charge is -2.19. The number of hydrogen-bond acceptors (Lipinski definition) is 7. The molecular formula is C27H56NO6P. The van der Waals surface area contributed by atoms with Crippen LogP contribution in [0.3, 0.4) is 0 Å². The van der Waals surface area contributed by atoms with Crippen molar-refractivity contribution >= 4 is 14.8 Å². The maximum atomic E-state index is 11.5. The molecule has 0 aliphatic carbocycles. The van der Waals surface area contributed by atoms with Gasteiger partial charge in [-0.1, -0.05) is 110 Å². The summed E-state index contributed by atoms with van der Waals surface area (Å²) in [4.78, 5) is 23.3. The van der Waals surface area contributed by atoms with Gasteiger partial charge in [0, 0.05) is 6.54 Å². The number of likely N-dealkylation sites (N-methyl/N-ethyl adjacent to an activating group) is 1. The van der Waals surface area contributed by atoms with Crippen LogP contribution in [0.1, 0.15) is 122 Å². The molecule has 0 aliphatic heterocycles. The molecule has 0 spiro atoms. The number of hydrogen-bond donors (Lipinski definition) is 1. The Hall–Kier alpha value is -0.460. The molecule has 2 atom stereocenters. The second-order valence-corrected chi connectivity index (χ2v) is 10.8. The summed E-state index contributed by atoms with van der Waals surface area (Å²) in [7, 11) is 3.19. The van der Waals surface area contributed by atoms with Crippen LogP contribution < -0.4 is 0 Å². The predicted molar refractivity (Wildman–Crippen MR) is 146 cm³/mol. The zero-order chi connectivity index (χ0) is 26.0. The third-order valence-corrected chi connectivity index (χ3v) is 6.94. The first-order valence-electron chi connectivity index (χ1n) is 14.1. The molecule has 0 fully saturated rings. The van der Waals surface area contributed by atoms with Crippen LogP contribution in [0.15, 0.2) is 0 Å². The molecule has 0 saturated heterocycles. The number of carbonyl (C=O) groups is 1. The van der Waals surface area contributed by atoms with E-state index < -0.39 is 20.9 Å². The van der Waals surface area contributed by atoms with E-state index in [1.165, 1.54) is 103 Å². The summed E-state index contributed by atoms with van der Waals surface area (Å²) in [6.07, 6.45) is 22.1. The molecule has 0 aromatic heterocycles. The first kappa shape index (κ1) is 34.5. The van der Waals surface area contributed by atoms with Gasteiger partial charge in [-0.05, 0) is 26.9 Å². The molecule has 0 rings (SSSR count). The van der Waals surface area contributed by atoms with Crippen molar-refractivity contribution in [3.63, 3.8) is 0 Å². The van der Waals surface area contributed by atoms with Crippen LogP contribution in [0.5, 0.6) is 0 Å². The quantitative estimate of drug-likeness (QED) is 0.0702. The number of carbonyl (C=O) groups excluding carboxylic acids is 1. The second-order valence-electron chi connectivity index (χ2n) is 9.81. The van der Waals surface area contributed by atoms with Gasteiger partial charge in [-0.15, -0.1) is 0 Å². The first-order valence-corrected chi connectivity index (χ1v) is 15.3. The van der Waals surface area contributed by atoms with Crippen LogP contribution in [0.4, 0.5) is 4.79 Å². The summed E-state index contributed by atoms with van der Waals surface area (Å²) in [6, 6.07) is 0. The van der Waals surface area contributed by atoms with E-state index in [9.17, 15) is 9.69 Å². The molecule has 210 valence electrons. The van der Waals surface area contributed by atoms with Gasteiger partial charge in [0.2, 0.25) is 0 Å². The Bertz CT molecular complexity index is 455. The van der Waals surface area contributed by atoms with Gasteiger partial charge in [0.05, 0.1) is 20.3 Å². The molecule has 0 aromatic carbocycles. The van der Waals surface area contributed by atoms with Crippen molar-refractivity contribution < 1.29 is 28.2 Å². The van der Waals surface area contributed by atoms with E-state index in [0.29, 0.717) is 19.6 Å². The summed E-state index contributed by atoms with van der Waals surface area (Å²) in [5.41, 5.74) is 0. The van der Waals surface area contributed by atoms with Gasteiger partial charge in [-0.3, -0.25) is 0 Å². The SMILES string of the molecule is CCCCCCCCCCCCCCCCCCCC(COP(O)OCCN(C)C)OC(=O)OC. The third-order valence-electron chi connectivity index (χ3n) is 6.17. The molecular weight excluding hydrogens is 465 g/mol. The Morgan fingerprint density at radius 3 is 1.66 bits per heavy atom. The van der Waals surface area contributed by atoms with Crippen molar-refractivity contribution in [1.82, 2.24) is 4.90 Å². The van der Waals surface area contributed by atoms with Gasteiger partial charge >= 0.3 is 14.8 Å². The van der Waals surface area contributed by atoms with E-state index in [0.717, 1.165) is 12.8 Å². The van der Waals surface area contributed by atoms with E-state index in [4.69, 9.17) is 13.8 Å². The second kappa shape index (κ2) is 26.6. The minimum atomic E-state index is -1.97.